The summed E-state index contributed by atoms with van der Waals surface area (Å²) in [4.78, 5) is 32.3. The van der Waals surface area contributed by atoms with E-state index < -0.39 is 12.2 Å². The van der Waals surface area contributed by atoms with E-state index in [1.165, 1.54) is 17.7 Å². The lowest BCUT2D eigenvalue weighted by Gasteiger charge is -2.36. The minimum atomic E-state index is -0.424. The molecule has 2 unspecified atom stereocenters. The maximum absolute atomic E-state index is 12.3. The normalized spacial score (nSPS) is 23.9. The number of urea groups is 1. The van der Waals surface area contributed by atoms with Crippen molar-refractivity contribution in [2.75, 3.05) is 33.1 Å². The number of amides is 3. The van der Waals surface area contributed by atoms with Gasteiger partial charge in [0.25, 0.3) is 5.91 Å². The molecule has 2 aliphatic rings. The molecule has 3 amide bonds. The number of hydrogen-bond donors (Lipinski definition) is 1. The van der Waals surface area contributed by atoms with Crippen molar-refractivity contribution in [2.45, 2.75) is 44.8 Å². The Kier molecular flexibility index (Phi) is 6.71. The zero-order valence-electron chi connectivity index (χ0n) is 14.1. The highest BCUT2D eigenvalue weighted by atomic mass is 32.2. The van der Waals surface area contributed by atoms with Crippen molar-refractivity contribution < 1.29 is 14.3 Å². The molecular weight excluding hydrogens is 316 g/mol. The van der Waals surface area contributed by atoms with Gasteiger partial charge in [-0.25, -0.2) is 9.79 Å². The number of aliphatic imine (C=N–C) groups is 1. The number of rotatable bonds is 8. The molecule has 0 saturated carbocycles. The molecule has 0 aromatic carbocycles. The van der Waals surface area contributed by atoms with Crippen molar-refractivity contribution >= 4 is 28.9 Å². The van der Waals surface area contributed by atoms with Gasteiger partial charge in [-0.3, -0.25) is 10.1 Å². The van der Waals surface area contributed by atoms with Crippen LogP contribution in [0.3, 0.4) is 0 Å². The topological polar surface area (TPSA) is 74.2 Å². The number of methoxy groups -OCH3 is 1. The number of carbonyl (C=O) groups is 2. The number of fused-ring (bicyclic) bond motifs is 1. The number of nitrogens with one attached hydrogen (secondary N) is 1. The van der Waals surface area contributed by atoms with E-state index in [1.807, 2.05) is 0 Å². The first kappa shape index (κ1) is 18.1. The molecule has 0 radical (unpaired) electrons. The van der Waals surface area contributed by atoms with Gasteiger partial charge in [-0.15, -0.1) is 0 Å². The zero-order valence-corrected chi connectivity index (χ0v) is 14.9. The second kappa shape index (κ2) is 8.54. The third-order valence-corrected chi connectivity index (χ3v) is 5.06. The van der Waals surface area contributed by atoms with Crippen LogP contribution in [0, 0.1) is 0 Å². The lowest BCUT2D eigenvalue weighted by molar-refractivity contribution is -0.127. The predicted molar refractivity (Wildman–Crippen MR) is 91.5 cm³/mol. The molecule has 2 aliphatic heterocycles. The smallest absolute Gasteiger partial charge is 0.325 e. The molecule has 0 spiro atoms. The fourth-order valence-corrected chi connectivity index (χ4v) is 3.77. The van der Waals surface area contributed by atoms with Crippen molar-refractivity contribution in [2.24, 2.45) is 4.99 Å². The molecule has 0 aromatic heterocycles. The molecule has 23 heavy (non-hydrogen) atoms. The third-order valence-electron chi connectivity index (χ3n) is 4.09. The molecule has 1 N–H and O–H groups in total. The van der Waals surface area contributed by atoms with Crippen molar-refractivity contribution in [3.63, 3.8) is 0 Å². The number of thioether (sulfide) groups is 1. The Labute approximate surface area is 141 Å². The predicted octanol–water partition coefficient (Wildman–Crippen LogP) is 1.49. The lowest BCUT2D eigenvalue weighted by Crippen LogP contribution is -2.63. The monoisotopic (exact) mass is 342 g/mol. The van der Waals surface area contributed by atoms with Gasteiger partial charge in [0.2, 0.25) is 0 Å². The summed E-state index contributed by atoms with van der Waals surface area (Å²) in [5, 5.41) is 3.26. The third kappa shape index (κ3) is 4.17. The fraction of sp³-hybridized carbons (Fsp3) is 0.800. The maximum atomic E-state index is 12.3. The van der Waals surface area contributed by atoms with Crippen LogP contribution in [0.2, 0.25) is 0 Å². The number of unbranched alkanes of at least 4 members (excludes halogenated alkanes) is 3. The number of carbonyl (C=O) groups excluding carboxylic acids is 2. The minimum Gasteiger partial charge on any atom is -0.384 e. The van der Waals surface area contributed by atoms with E-state index in [0.717, 1.165) is 30.3 Å². The first-order chi connectivity index (χ1) is 11.1. The molecule has 7 nitrogen and oxygen atoms in total. The van der Waals surface area contributed by atoms with Crippen LogP contribution in [-0.4, -0.2) is 72.2 Å². The van der Waals surface area contributed by atoms with Crippen LogP contribution >= 0.6 is 11.8 Å². The minimum absolute atomic E-state index is 0.250. The van der Waals surface area contributed by atoms with Gasteiger partial charge in [0.1, 0.15) is 0 Å². The summed E-state index contributed by atoms with van der Waals surface area (Å²) >= 11 is 1.58. The Bertz CT molecular complexity index is 472. The van der Waals surface area contributed by atoms with Crippen LogP contribution in [0.4, 0.5) is 4.79 Å². The number of ether oxygens (including phenoxy) is 1. The zero-order chi connectivity index (χ0) is 16.8. The van der Waals surface area contributed by atoms with Crippen molar-refractivity contribution in [1.29, 1.82) is 0 Å². The molecular formula is C15H26N4O3S. The van der Waals surface area contributed by atoms with Crippen LogP contribution in [0.25, 0.3) is 0 Å². The van der Waals surface area contributed by atoms with Crippen molar-refractivity contribution in [3.8, 4) is 0 Å². The quantitative estimate of drug-likeness (QED) is 0.677. The van der Waals surface area contributed by atoms with Crippen molar-refractivity contribution in [3.05, 3.63) is 0 Å². The van der Waals surface area contributed by atoms with Gasteiger partial charge >= 0.3 is 6.03 Å². The average Bonchev–Trinajstić information content (AvgIpc) is 2.89. The number of hydrogen-bond acceptors (Lipinski definition) is 6. The molecule has 8 heteroatoms. The molecule has 2 atom stereocenters. The SMILES string of the molecule is CCCCCCN1C(SCCOC)=NC2C1C(=O)NC(=O)N2C. The average molecular weight is 342 g/mol. The molecule has 130 valence electrons. The largest absolute Gasteiger partial charge is 0.384 e. The lowest BCUT2D eigenvalue weighted by atomic mass is 10.1. The molecule has 2 heterocycles. The number of amidine groups is 1. The molecule has 1 fully saturated rings. The Morgan fingerprint density at radius 1 is 1.30 bits per heavy atom. The van der Waals surface area contributed by atoms with Crippen LogP contribution in [-0.2, 0) is 9.53 Å². The highest BCUT2D eigenvalue weighted by Gasteiger charge is 2.48. The Morgan fingerprint density at radius 3 is 2.78 bits per heavy atom. The van der Waals surface area contributed by atoms with Crippen LogP contribution < -0.4 is 5.32 Å². The summed E-state index contributed by atoms with van der Waals surface area (Å²) in [6.45, 7) is 3.59. The Hall–Kier alpha value is -1.28. The Balaban J connectivity index is 2.08. The van der Waals surface area contributed by atoms with Gasteiger partial charge < -0.3 is 14.5 Å². The van der Waals surface area contributed by atoms with Crippen LogP contribution in [0.5, 0.6) is 0 Å². The molecule has 2 rings (SSSR count). The highest BCUT2D eigenvalue weighted by molar-refractivity contribution is 8.13. The van der Waals surface area contributed by atoms with Crippen LogP contribution in [0.15, 0.2) is 4.99 Å². The summed E-state index contributed by atoms with van der Waals surface area (Å²) in [6.07, 6.45) is 4.10. The first-order valence-electron chi connectivity index (χ1n) is 8.14. The van der Waals surface area contributed by atoms with E-state index in [9.17, 15) is 9.59 Å². The second-order valence-electron chi connectivity index (χ2n) is 5.77. The maximum Gasteiger partial charge on any atom is 0.325 e. The van der Waals surface area contributed by atoms with Gasteiger partial charge in [0, 0.05) is 26.5 Å². The number of imide groups is 1. The summed E-state index contributed by atoms with van der Waals surface area (Å²) < 4.78 is 5.09. The van der Waals surface area contributed by atoms with Gasteiger partial charge in [0.15, 0.2) is 17.4 Å². The molecule has 0 aromatic rings. The van der Waals surface area contributed by atoms with Gasteiger partial charge in [-0.2, -0.15) is 0 Å². The summed E-state index contributed by atoms with van der Waals surface area (Å²) in [6, 6.07) is -0.793. The van der Waals surface area contributed by atoms with Crippen molar-refractivity contribution in [1.82, 2.24) is 15.1 Å². The highest BCUT2D eigenvalue weighted by Crippen LogP contribution is 2.28. The van der Waals surface area contributed by atoms with Gasteiger partial charge in [-0.05, 0) is 6.42 Å². The van der Waals surface area contributed by atoms with E-state index in [-0.39, 0.29) is 11.9 Å². The Morgan fingerprint density at radius 2 is 2.09 bits per heavy atom. The summed E-state index contributed by atoms with van der Waals surface area (Å²) in [5.74, 6) is 0.527. The molecule has 0 bridgehead atoms. The van der Waals surface area contributed by atoms with E-state index in [2.05, 4.69) is 22.1 Å². The fourth-order valence-electron chi connectivity index (χ4n) is 2.78. The van der Waals surface area contributed by atoms with E-state index in [0.29, 0.717) is 6.61 Å². The summed E-state index contributed by atoms with van der Waals surface area (Å²) in [5.41, 5.74) is 0. The van der Waals surface area contributed by atoms with Gasteiger partial charge in [-0.1, -0.05) is 37.9 Å². The standard InChI is InChI=1S/C15H26N4O3S/c1-4-5-6-7-8-19-11-12(16-15(19)23-10-9-22-3)18(2)14(21)17-13(11)20/h11-12H,4-10H2,1-3H3,(H,17,20,21). The molecule has 1 saturated heterocycles. The van der Waals surface area contributed by atoms with E-state index in [1.54, 1.807) is 25.9 Å². The van der Waals surface area contributed by atoms with E-state index >= 15 is 0 Å². The summed E-state index contributed by atoms with van der Waals surface area (Å²) in [7, 11) is 3.35. The molecule has 0 aliphatic carbocycles. The second-order valence-corrected chi connectivity index (χ2v) is 6.83. The first-order valence-corrected chi connectivity index (χ1v) is 9.12. The number of likely N-dealkylation sites (N-methyl/N-ethyl adjacent to an activating group) is 1. The van der Waals surface area contributed by atoms with E-state index in [4.69, 9.17) is 4.74 Å². The number of nitrogens with zero attached hydrogens (tertiary/aromatic N) is 3. The van der Waals surface area contributed by atoms with Gasteiger partial charge in [0.05, 0.1) is 6.61 Å². The van der Waals surface area contributed by atoms with Crippen LogP contribution in [0.1, 0.15) is 32.6 Å².